The Morgan fingerprint density at radius 2 is 2.05 bits per heavy atom. The highest BCUT2D eigenvalue weighted by atomic mass is 32.2. The number of anilines is 1. The van der Waals surface area contributed by atoms with E-state index in [1.165, 1.54) is 21.7 Å². The maximum absolute atomic E-state index is 12.5. The van der Waals surface area contributed by atoms with Crippen molar-refractivity contribution < 1.29 is 8.42 Å². The van der Waals surface area contributed by atoms with Gasteiger partial charge >= 0.3 is 0 Å². The molecular weight excluding hydrogens is 280 g/mol. The average molecular weight is 296 g/mol. The molecule has 2 rings (SSSR count). The molecule has 0 radical (unpaired) electrons. The van der Waals surface area contributed by atoms with E-state index in [2.05, 4.69) is 0 Å². The van der Waals surface area contributed by atoms with Crippen molar-refractivity contribution in [3.63, 3.8) is 0 Å². The molecule has 1 aromatic carbocycles. The summed E-state index contributed by atoms with van der Waals surface area (Å²) in [5.41, 5.74) is 6.83. The van der Waals surface area contributed by atoms with Crippen LogP contribution in [0.25, 0.3) is 0 Å². The van der Waals surface area contributed by atoms with Crippen LogP contribution in [-0.2, 0) is 16.6 Å². The molecular formula is C13H16N2O2S2. The van der Waals surface area contributed by atoms with Crippen LogP contribution in [0.4, 0.5) is 5.69 Å². The van der Waals surface area contributed by atoms with Gasteiger partial charge < -0.3 is 5.73 Å². The second kappa shape index (κ2) is 5.32. The van der Waals surface area contributed by atoms with Gasteiger partial charge in [0.2, 0.25) is 10.0 Å². The normalized spacial score (nSPS) is 11.9. The first-order valence-corrected chi connectivity index (χ1v) is 8.08. The topological polar surface area (TPSA) is 63.4 Å². The molecule has 2 aromatic rings. The van der Waals surface area contributed by atoms with E-state index in [4.69, 9.17) is 5.73 Å². The third kappa shape index (κ3) is 2.97. The fourth-order valence-corrected chi connectivity index (χ4v) is 4.01. The second-order valence-electron chi connectivity index (χ2n) is 4.37. The Kier molecular flexibility index (Phi) is 3.93. The number of nitrogen functional groups attached to an aromatic ring is 1. The van der Waals surface area contributed by atoms with Crippen LogP contribution >= 0.6 is 11.3 Å². The highest BCUT2D eigenvalue weighted by molar-refractivity contribution is 7.89. The van der Waals surface area contributed by atoms with E-state index in [1.54, 1.807) is 26.1 Å². The second-order valence-corrected chi connectivity index (χ2v) is 7.41. The van der Waals surface area contributed by atoms with Crippen molar-refractivity contribution in [2.24, 2.45) is 0 Å². The number of nitrogens with two attached hydrogens (primary N) is 1. The van der Waals surface area contributed by atoms with Crippen molar-refractivity contribution in [1.82, 2.24) is 4.31 Å². The fourth-order valence-electron chi connectivity index (χ4n) is 1.77. The number of aryl methyl sites for hydroxylation is 1. The largest absolute Gasteiger partial charge is 0.399 e. The Labute approximate surface area is 117 Å². The molecule has 0 amide bonds. The molecule has 0 aliphatic carbocycles. The highest BCUT2D eigenvalue weighted by Gasteiger charge is 2.23. The van der Waals surface area contributed by atoms with Gasteiger partial charge in [-0.25, -0.2) is 8.42 Å². The van der Waals surface area contributed by atoms with Crippen molar-refractivity contribution in [3.05, 3.63) is 46.2 Å². The molecule has 0 atom stereocenters. The first-order chi connectivity index (χ1) is 8.91. The third-order valence-electron chi connectivity index (χ3n) is 2.86. The molecule has 0 fully saturated rings. The minimum Gasteiger partial charge on any atom is -0.399 e. The van der Waals surface area contributed by atoms with E-state index >= 15 is 0 Å². The predicted molar refractivity (Wildman–Crippen MR) is 78.6 cm³/mol. The first-order valence-electron chi connectivity index (χ1n) is 5.76. The van der Waals surface area contributed by atoms with E-state index < -0.39 is 10.0 Å². The lowest BCUT2D eigenvalue weighted by atomic mass is 10.2. The number of thiophene rings is 1. The molecule has 0 saturated carbocycles. The summed E-state index contributed by atoms with van der Waals surface area (Å²) >= 11 is 1.54. The van der Waals surface area contributed by atoms with Crippen LogP contribution in [0.3, 0.4) is 0 Å². The number of hydrogen-bond acceptors (Lipinski definition) is 4. The summed E-state index contributed by atoms with van der Waals surface area (Å²) < 4.78 is 26.4. The molecule has 2 N–H and O–H groups in total. The van der Waals surface area contributed by atoms with Crippen LogP contribution in [0.2, 0.25) is 0 Å². The van der Waals surface area contributed by atoms with Crippen molar-refractivity contribution in [3.8, 4) is 0 Å². The zero-order chi connectivity index (χ0) is 14.0. The van der Waals surface area contributed by atoms with Crippen molar-refractivity contribution in [1.29, 1.82) is 0 Å². The molecule has 6 heteroatoms. The van der Waals surface area contributed by atoms with Crippen molar-refractivity contribution in [2.45, 2.75) is 18.4 Å². The van der Waals surface area contributed by atoms with Gasteiger partial charge in [-0.1, -0.05) is 12.1 Å². The fraction of sp³-hybridized carbons (Fsp3) is 0.231. The van der Waals surface area contributed by atoms with Gasteiger partial charge in [0.25, 0.3) is 0 Å². The average Bonchev–Trinajstić information content (AvgIpc) is 2.85. The zero-order valence-corrected chi connectivity index (χ0v) is 12.5. The van der Waals surface area contributed by atoms with Crippen LogP contribution in [0.5, 0.6) is 0 Å². The number of benzene rings is 1. The summed E-state index contributed by atoms with van der Waals surface area (Å²) in [5, 5.41) is 1.93. The minimum absolute atomic E-state index is 0.270. The van der Waals surface area contributed by atoms with Crippen LogP contribution < -0.4 is 5.73 Å². The Morgan fingerprint density at radius 3 is 2.68 bits per heavy atom. The zero-order valence-electron chi connectivity index (χ0n) is 10.8. The van der Waals surface area contributed by atoms with Crippen LogP contribution in [-0.4, -0.2) is 19.8 Å². The van der Waals surface area contributed by atoms with E-state index in [-0.39, 0.29) is 4.90 Å². The maximum Gasteiger partial charge on any atom is 0.243 e. The lowest BCUT2D eigenvalue weighted by molar-refractivity contribution is 0.469. The molecule has 4 nitrogen and oxygen atoms in total. The van der Waals surface area contributed by atoms with Gasteiger partial charge in [0, 0.05) is 24.2 Å². The number of hydrogen-bond donors (Lipinski definition) is 1. The summed E-state index contributed by atoms with van der Waals surface area (Å²) in [5.74, 6) is 0. The van der Waals surface area contributed by atoms with Crippen LogP contribution in [0.15, 0.2) is 40.6 Å². The first kappa shape index (κ1) is 14.0. The van der Waals surface area contributed by atoms with Gasteiger partial charge in [-0.15, -0.1) is 11.3 Å². The summed E-state index contributed by atoms with van der Waals surface area (Å²) in [7, 11) is -1.93. The quantitative estimate of drug-likeness (QED) is 0.882. The van der Waals surface area contributed by atoms with Crippen molar-refractivity contribution in [2.75, 3.05) is 12.8 Å². The van der Waals surface area contributed by atoms with Crippen LogP contribution in [0.1, 0.15) is 10.4 Å². The Bertz CT molecular complexity index is 664. The molecule has 19 heavy (non-hydrogen) atoms. The molecule has 0 aliphatic heterocycles. The molecule has 0 saturated heterocycles. The monoisotopic (exact) mass is 296 g/mol. The standard InChI is InChI=1S/C13H16N2O2S2/c1-10-5-6-11(14)8-13(10)19(16,17)15(2)9-12-4-3-7-18-12/h3-8H,9,14H2,1-2H3. The molecule has 0 unspecified atom stereocenters. The highest BCUT2D eigenvalue weighted by Crippen LogP contribution is 2.23. The number of nitrogens with zero attached hydrogens (tertiary/aromatic N) is 1. The van der Waals surface area contributed by atoms with Gasteiger partial charge in [-0.05, 0) is 36.1 Å². The molecule has 102 valence electrons. The minimum atomic E-state index is -3.51. The lowest BCUT2D eigenvalue weighted by Crippen LogP contribution is -2.26. The molecule has 0 spiro atoms. The van der Waals surface area contributed by atoms with E-state index in [0.717, 1.165) is 4.88 Å². The lowest BCUT2D eigenvalue weighted by Gasteiger charge is -2.18. The third-order valence-corrected chi connectivity index (χ3v) is 5.67. The number of sulfonamides is 1. The number of rotatable bonds is 4. The Morgan fingerprint density at radius 1 is 1.32 bits per heavy atom. The molecule has 1 heterocycles. The summed E-state index contributed by atoms with van der Waals surface area (Å²) in [4.78, 5) is 1.28. The molecule has 1 aromatic heterocycles. The summed E-state index contributed by atoms with van der Waals surface area (Å²) in [6.07, 6.45) is 0. The van der Waals surface area contributed by atoms with E-state index in [9.17, 15) is 8.42 Å². The summed E-state index contributed by atoms with van der Waals surface area (Å²) in [6, 6.07) is 8.76. The van der Waals surface area contributed by atoms with E-state index in [0.29, 0.717) is 17.8 Å². The molecule has 0 aliphatic rings. The van der Waals surface area contributed by atoms with Gasteiger partial charge in [0.15, 0.2) is 0 Å². The van der Waals surface area contributed by atoms with E-state index in [1.807, 2.05) is 17.5 Å². The molecule has 0 bridgehead atoms. The Balaban J connectivity index is 2.33. The van der Waals surface area contributed by atoms with Crippen LogP contribution in [0, 0.1) is 6.92 Å². The SMILES string of the molecule is Cc1ccc(N)cc1S(=O)(=O)N(C)Cc1cccs1. The smallest absolute Gasteiger partial charge is 0.243 e. The summed E-state index contributed by atoms with van der Waals surface area (Å²) in [6.45, 7) is 2.14. The van der Waals surface area contributed by atoms with Crippen molar-refractivity contribution >= 4 is 27.0 Å². The van der Waals surface area contributed by atoms with Gasteiger partial charge in [-0.3, -0.25) is 0 Å². The van der Waals surface area contributed by atoms with Gasteiger partial charge in [0.1, 0.15) is 0 Å². The van der Waals surface area contributed by atoms with Gasteiger partial charge in [0.05, 0.1) is 4.90 Å². The maximum atomic E-state index is 12.5. The Hall–Kier alpha value is -1.37. The van der Waals surface area contributed by atoms with Gasteiger partial charge in [-0.2, -0.15) is 4.31 Å². The predicted octanol–water partition coefficient (Wildman–Crippen LogP) is 2.46.